The molecule has 1 atom stereocenters. The third kappa shape index (κ3) is 2.44. The number of thiazole rings is 1. The topological polar surface area (TPSA) is 38.9 Å². The van der Waals surface area contributed by atoms with Gasteiger partial charge in [0, 0.05) is 28.9 Å². The first-order valence-electron chi connectivity index (χ1n) is 6.49. The Hall–Kier alpha value is -1.78. The highest BCUT2D eigenvalue weighted by Crippen LogP contribution is 2.27. The first kappa shape index (κ1) is 13.2. The van der Waals surface area contributed by atoms with E-state index in [0.717, 1.165) is 21.7 Å². The van der Waals surface area contributed by atoms with Crippen LogP contribution in [0.4, 0.5) is 4.39 Å². The molecule has 0 saturated carbocycles. The third-order valence-electron chi connectivity index (χ3n) is 3.37. The maximum Gasteiger partial charge on any atom is 0.131 e. The first-order valence-corrected chi connectivity index (χ1v) is 7.37. The van der Waals surface area contributed by atoms with E-state index in [1.54, 1.807) is 23.5 Å². The number of nitrogens with zero attached hydrogens (tertiary/aromatic N) is 1. The Labute approximate surface area is 121 Å². The fraction of sp³-hybridized carbons (Fsp3) is 0.188. The van der Waals surface area contributed by atoms with Gasteiger partial charge in [0.25, 0.3) is 0 Å². The maximum atomic E-state index is 13.8. The minimum atomic E-state index is -0.207. The second kappa shape index (κ2) is 5.31. The van der Waals surface area contributed by atoms with Crippen LogP contribution in [0.25, 0.3) is 10.8 Å². The largest absolute Gasteiger partial charge is 0.324 e. The smallest absolute Gasteiger partial charge is 0.131 e. The van der Waals surface area contributed by atoms with Crippen LogP contribution in [0.3, 0.4) is 0 Å². The molecule has 2 nitrogen and oxygen atoms in total. The molecule has 0 aliphatic rings. The minimum Gasteiger partial charge on any atom is -0.324 e. The summed E-state index contributed by atoms with van der Waals surface area (Å²) >= 11 is 1.62. The Bertz CT molecular complexity index is 751. The van der Waals surface area contributed by atoms with E-state index in [1.807, 2.05) is 30.5 Å². The summed E-state index contributed by atoms with van der Waals surface area (Å²) in [6, 6.07) is 10.5. The van der Waals surface area contributed by atoms with Crippen molar-refractivity contribution in [2.75, 3.05) is 0 Å². The molecule has 1 unspecified atom stereocenters. The van der Waals surface area contributed by atoms with Gasteiger partial charge in [0.15, 0.2) is 0 Å². The quantitative estimate of drug-likeness (QED) is 0.790. The van der Waals surface area contributed by atoms with Gasteiger partial charge in [0.05, 0.1) is 5.01 Å². The molecule has 3 aromatic rings. The Kier molecular flexibility index (Phi) is 3.51. The summed E-state index contributed by atoms with van der Waals surface area (Å²) in [4.78, 5) is 4.44. The van der Waals surface area contributed by atoms with Gasteiger partial charge in [-0.3, -0.25) is 0 Å². The van der Waals surface area contributed by atoms with E-state index in [-0.39, 0.29) is 11.9 Å². The molecule has 0 aliphatic carbocycles. The van der Waals surface area contributed by atoms with E-state index in [9.17, 15) is 4.39 Å². The standard InChI is InChI=1S/C16H15FN2S/c1-10-9-20-16(19-10)8-15(18)13-6-7-14(17)12-5-3-2-4-11(12)13/h2-7,9,15H,8,18H2,1H3. The lowest BCUT2D eigenvalue weighted by molar-refractivity contribution is 0.637. The molecule has 0 aliphatic heterocycles. The molecule has 0 spiro atoms. The van der Waals surface area contributed by atoms with Crippen LogP contribution >= 0.6 is 11.3 Å². The summed E-state index contributed by atoms with van der Waals surface area (Å²) in [6.45, 7) is 1.97. The van der Waals surface area contributed by atoms with Crippen molar-refractivity contribution in [3.05, 3.63) is 63.9 Å². The maximum absolute atomic E-state index is 13.8. The number of benzene rings is 2. The van der Waals surface area contributed by atoms with Gasteiger partial charge in [-0.05, 0) is 23.9 Å². The lowest BCUT2D eigenvalue weighted by atomic mass is 9.97. The Morgan fingerprint density at radius 3 is 2.65 bits per heavy atom. The molecule has 4 heteroatoms. The summed E-state index contributed by atoms with van der Waals surface area (Å²) in [6.07, 6.45) is 0.675. The molecular formula is C16H15FN2S. The molecule has 1 aromatic heterocycles. The number of aryl methyl sites for hydroxylation is 1. The van der Waals surface area contributed by atoms with Crippen LogP contribution in [0.1, 0.15) is 22.3 Å². The van der Waals surface area contributed by atoms with Crippen LogP contribution in [-0.4, -0.2) is 4.98 Å². The SMILES string of the molecule is Cc1csc(CC(N)c2ccc(F)c3ccccc23)n1. The van der Waals surface area contributed by atoms with Gasteiger partial charge in [0.1, 0.15) is 5.82 Å². The third-order valence-corrected chi connectivity index (χ3v) is 4.35. The van der Waals surface area contributed by atoms with Crippen molar-refractivity contribution in [1.82, 2.24) is 4.98 Å². The van der Waals surface area contributed by atoms with Crippen LogP contribution in [-0.2, 0) is 6.42 Å². The van der Waals surface area contributed by atoms with Crippen LogP contribution in [0.15, 0.2) is 41.8 Å². The fourth-order valence-corrected chi connectivity index (χ4v) is 3.24. The number of hydrogen-bond acceptors (Lipinski definition) is 3. The molecule has 20 heavy (non-hydrogen) atoms. The number of halogens is 1. The summed E-state index contributed by atoms with van der Waals surface area (Å²) in [5.41, 5.74) is 8.28. The van der Waals surface area contributed by atoms with E-state index in [1.165, 1.54) is 6.07 Å². The molecule has 0 bridgehead atoms. The number of aromatic nitrogens is 1. The number of hydrogen-bond donors (Lipinski definition) is 1. The van der Waals surface area contributed by atoms with Crippen molar-refractivity contribution in [3.63, 3.8) is 0 Å². The molecule has 0 radical (unpaired) electrons. The summed E-state index contributed by atoms with van der Waals surface area (Å²) < 4.78 is 13.8. The van der Waals surface area contributed by atoms with Crippen molar-refractivity contribution in [1.29, 1.82) is 0 Å². The van der Waals surface area contributed by atoms with E-state index >= 15 is 0 Å². The zero-order chi connectivity index (χ0) is 14.1. The van der Waals surface area contributed by atoms with Crippen LogP contribution in [0.5, 0.6) is 0 Å². The van der Waals surface area contributed by atoms with Crippen LogP contribution in [0.2, 0.25) is 0 Å². The van der Waals surface area contributed by atoms with Gasteiger partial charge >= 0.3 is 0 Å². The van der Waals surface area contributed by atoms with Gasteiger partial charge in [0.2, 0.25) is 0 Å². The molecule has 1 heterocycles. The molecule has 0 fully saturated rings. The molecule has 0 amide bonds. The predicted molar refractivity (Wildman–Crippen MR) is 81.4 cm³/mol. The van der Waals surface area contributed by atoms with Crippen LogP contribution in [0, 0.1) is 12.7 Å². The van der Waals surface area contributed by atoms with Gasteiger partial charge < -0.3 is 5.73 Å². The minimum absolute atomic E-state index is 0.175. The average molecular weight is 286 g/mol. The van der Waals surface area contributed by atoms with Gasteiger partial charge in [-0.1, -0.05) is 30.3 Å². The molecule has 2 N–H and O–H groups in total. The highest BCUT2D eigenvalue weighted by atomic mass is 32.1. The highest BCUT2D eigenvalue weighted by molar-refractivity contribution is 7.09. The number of fused-ring (bicyclic) bond motifs is 1. The second-order valence-corrected chi connectivity index (χ2v) is 5.82. The number of rotatable bonds is 3. The van der Waals surface area contributed by atoms with E-state index in [4.69, 9.17) is 5.73 Å². The summed E-state index contributed by atoms with van der Waals surface area (Å²) in [5, 5.41) is 4.54. The van der Waals surface area contributed by atoms with Crippen molar-refractivity contribution in [2.24, 2.45) is 5.73 Å². The van der Waals surface area contributed by atoms with E-state index in [0.29, 0.717) is 11.8 Å². The van der Waals surface area contributed by atoms with Crippen molar-refractivity contribution >= 4 is 22.1 Å². The molecule has 3 rings (SSSR count). The lowest BCUT2D eigenvalue weighted by Crippen LogP contribution is -2.14. The Morgan fingerprint density at radius 2 is 1.95 bits per heavy atom. The first-order chi connectivity index (χ1) is 9.65. The van der Waals surface area contributed by atoms with E-state index in [2.05, 4.69) is 4.98 Å². The molecule has 2 aromatic carbocycles. The van der Waals surface area contributed by atoms with E-state index < -0.39 is 0 Å². The average Bonchev–Trinajstić information content (AvgIpc) is 2.84. The highest BCUT2D eigenvalue weighted by Gasteiger charge is 2.14. The predicted octanol–water partition coefficient (Wildman–Crippen LogP) is 3.99. The van der Waals surface area contributed by atoms with Crippen molar-refractivity contribution < 1.29 is 4.39 Å². The normalized spacial score (nSPS) is 12.8. The number of nitrogens with two attached hydrogens (primary N) is 1. The molecule has 102 valence electrons. The van der Waals surface area contributed by atoms with Crippen molar-refractivity contribution in [2.45, 2.75) is 19.4 Å². The zero-order valence-electron chi connectivity index (χ0n) is 11.1. The van der Waals surface area contributed by atoms with Gasteiger partial charge in [-0.25, -0.2) is 9.37 Å². The van der Waals surface area contributed by atoms with Gasteiger partial charge in [-0.2, -0.15) is 0 Å². The van der Waals surface area contributed by atoms with Gasteiger partial charge in [-0.15, -0.1) is 11.3 Å². The van der Waals surface area contributed by atoms with Crippen molar-refractivity contribution in [3.8, 4) is 0 Å². The summed E-state index contributed by atoms with van der Waals surface area (Å²) in [7, 11) is 0. The lowest BCUT2D eigenvalue weighted by Gasteiger charge is -2.14. The zero-order valence-corrected chi connectivity index (χ0v) is 12.0. The summed E-state index contributed by atoms with van der Waals surface area (Å²) in [5.74, 6) is -0.207. The Morgan fingerprint density at radius 1 is 1.20 bits per heavy atom. The van der Waals surface area contributed by atoms with Crippen LogP contribution < -0.4 is 5.73 Å². The second-order valence-electron chi connectivity index (χ2n) is 4.88. The molecule has 0 saturated heterocycles. The fourth-order valence-electron chi connectivity index (χ4n) is 2.40. The monoisotopic (exact) mass is 286 g/mol. The Balaban J connectivity index is 1.99. The molecular weight excluding hydrogens is 271 g/mol.